The van der Waals surface area contributed by atoms with E-state index in [2.05, 4.69) is 4.98 Å². The third-order valence-electron chi connectivity index (χ3n) is 6.93. The van der Waals surface area contributed by atoms with E-state index in [0.717, 1.165) is 23.0 Å². The first-order chi connectivity index (χ1) is 18.3. The zero-order chi connectivity index (χ0) is 28.4. The SMILES string of the molecule is Cc1cnc(-c2cccc(S(C)(=O)=O)c2F)c(F)c1-n1c(C)cc([C@H]2C[C@@H]2c2ccc(F)cc2F)c(Cl)c1=O. The molecule has 0 radical (unpaired) electrons. The Morgan fingerprint density at radius 2 is 1.67 bits per heavy atom. The molecule has 0 saturated heterocycles. The fourth-order valence-corrected chi connectivity index (χ4v) is 6.01. The number of aromatic nitrogens is 2. The molecule has 5 nitrogen and oxygen atoms in total. The maximum Gasteiger partial charge on any atom is 0.274 e. The molecule has 1 fully saturated rings. The molecule has 0 N–H and O–H groups in total. The van der Waals surface area contributed by atoms with Gasteiger partial charge < -0.3 is 0 Å². The number of rotatable bonds is 5. The predicted octanol–water partition coefficient (Wildman–Crippen LogP) is 6.40. The van der Waals surface area contributed by atoms with Crippen molar-refractivity contribution in [2.75, 3.05) is 6.26 Å². The van der Waals surface area contributed by atoms with Gasteiger partial charge >= 0.3 is 0 Å². The number of benzene rings is 2. The van der Waals surface area contributed by atoms with Crippen LogP contribution in [-0.4, -0.2) is 24.2 Å². The van der Waals surface area contributed by atoms with Crippen molar-refractivity contribution in [2.24, 2.45) is 0 Å². The largest absolute Gasteiger partial charge is 0.277 e. The van der Waals surface area contributed by atoms with Crippen molar-refractivity contribution in [1.29, 1.82) is 0 Å². The summed E-state index contributed by atoms with van der Waals surface area (Å²) in [4.78, 5) is 16.9. The Kier molecular flexibility index (Phi) is 6.67. The normalized spacial score (nSPS) is 16.9. The fraction of sp³-hybridized carbons (Fsp3) is 0.214. The molecule has 1 saturated carbocycles. The lowest BCUT2D eigenvalue weighted by molar-refractivity contribution is 0.568. The second-order valence-corrected chi connectivity index (χ2v) is 12.0. The molecular weight excluding hydrogens is 556 g/mol. The van der Waals surface area contributed by atoms with Crippen molar-refractivity contribution < 1.29 is 26.0 Å². The van der Waals surface area contributed by atoms with Gasteiger partial charge in [-0.25, -0.2) is 26.0 Å². The van der Waals surface area contributed by atoms with Gasteiger partial charge in [0, 0.05) is 29.8 Å². The van der Waals surface area contributed by atoms with Crippen LogP contribution < -0.4 is 5.56 Å². The smallest absolute Gasteiger partial charge is 0.274 e. The van der Waals surface area contributed by atoms with E-state index < -0.39 is 49.3 Å². The van der Waals surface area contributed by atoms with Gasteiger partial charge in [0.2, 0.25) is 0 Å². The van der Waals surface area contributed by atoms with Crippen LogP contribution in [0.3, 0.4) is 0 Å². The summed E-state index contributed by atoms with van der Waals surface area (Å²) in [6, 6.07) is 8.48. The van der Waals surface area contributed by atoms with Crippen molar-refractivity contribution in [3.05, 3.63) is 110 Å². The molecule has 4 aromatic rings. The highest BCUT2D eigenvalue weighted by Crippen LogP contribution is 2.56. The summed E-state index contributed by atoms with van der Waals surface area (Å²) in [5.74, 6) is -4.16. The van der Waals surface area contributed by atoms with Gasteiger partial charge in [0.15, 0.2) is 21.5 Å². The van der Waals surface area contributed by atoms with E-state index in [9.17, 15) is 22.0 Å². The molecule has 2 atom stereocenters. The average molecular weight is 577 g/mol. The van der Waals surface area contributed by atoms with Crippen LogP contribution in [0.2, 0.25) is 5.02 Å². The highest BCUT2D eigenvalue weighted by atomic mass is 35.5. The maximum atomic E-state index is 16.0. The predicted molar refractivity (Wildman–Crippen MR) is 139 cm³/mol. The van der Waals surface area contributed by atoms with E-state index >= 15 is 8.78 Å². The van der Waals surface area contributed by atoms with E-state index in [0.29, 0.717) is 23.2 Å². The summed E-state index contributed by atoms with van der Waals surface area (Å²) in [5.41, 5.74) is -0.455. The summed E-state index contributed by atoms with van der Waals surface area (Å²) < 4.78 is 83.8. The van der Waals surface area contributed by atoms with Crippen LogP contribution in [-0.2, 0) is 9.84 Å². The van der Waals surface area contributed by atoms with Gasteiger partial charge in [0.25, 0.3) is 5.56 Å². The highest BCUT2D eigenvalue weighted by Gasteiger charge is 2.43. The average Bonchev–Trinajstić information content (AvgIpc) is 3.63. The lowest BCUT2D eigenvalue weighted by Gasteiger charge is -2.18. The van der Waals surface area contributed by atoms with E-state index in [-0.39, 0.29) is 33.7 Å². The third-order valence-corrected chi connectivity index (χ3v) is 8.43. The van der Waals surface area contributed by atoms with Crippen LogP contribution in [0.4, 0.5) is 17.6 Å². The monoisotopic (exact) mass is 576 g/mol. The first kappa shape index (κ1) is 27.1. The van der Waals surface area contributed by atoms with E-state index in [1.807, 2.05) is 0 Å². The van der Waals surface area contributed by atoms with Gasteiger partial charge in [-0.15, -0.1) is 0 Å². The molecule has 0 amide bonds. The first-order valence-electron chi connectivity index (χ1n) is 11.8. The van der Waals surface area contributed by atoms with Crippen LogP contribution in [0.15, 0.2) is 58.4 Å². The molecule has 1 aliphatic rings. The fourth-order valence-electron chi connectivity index (χ4n) is 4.97. The molecule has 11 heteroatoms. The van der Waals surface area contributed by atoms with Crippen molar-refractivity contribution in [3.8, 4) is 16.9 Å². The van der Waals surface area contributed by atoms with Crippen LogP contribution in [0.5, 0.6) is 0 Å². The first-order valence-corrected chi connectivity index (χ1v) is 14.1. The van der Waals surface area contributed by atoms with E-state index in [1.54, 1.807) is 13.0 Å². The second-order valence-electron chi connectivity index (χ2n) is 9.65. The number of sulfone groups is 1. The summed E-state index contributed by atoms with van der Waals surface area (Å²) in [6.45, 7) is 3.08. The molecule has 0 spiro atoms. The zero-order valence-electron chi connectivity index (χ0n) is 20.9. The number of halogens is 5. The number of pyridine rings is 2. The Balaban J connectivity index is 1.62. The molecule has 2 heterocycles. The van der Waals surface area contributed by atoms with Crippen molar-refractivity contribution >= 4 is 21.4 Å². The van der Waals surface area contributed by atoms with Gasteiger partial charge in [-0.3, -0.25) is 14.3 Å². The van der Waals surface area contributed by atoms with Gasteiger partial charge in [0.05, 0.1) is 5.69 Å². The molecule has 0 aliphatic heterocycles. The number of hydrogen-bond donors (Lipinski definition) is 0. The topological polar surface area (TPSA) is 69.0 Å². The molecule has 1 aliphatic carbocycles. The molecule has 2 aromatic heterocycles. The Labute approximate surface area is 226 Å². The van der Waals surface area contributed by atoms with E-state index in [4.69, 9.17) is 11.6 Å². The molecular formula is C28H21ClF4N2O3S. The molecule has 2 aromatic carbocycles. The molecule has 39 heavy (non-hydrogen) atoms. The minimum Gasteiger partial charge on any atom is -0.277 e. The lowest BCUT2D eigenvalue weighted by atomic mass is 10.0. The number of hydrogen-bond acceptors (Lipinski definition) is 4. The van der Waals surface area contributed by atoms with Gasteiger partial charge in [0.1, 0.15) is 27.2 Å². The van der Waals surface area contributed by atoms with Crippen LogP contribution in [0.25, 0.3) is 16.9 Å². The summed E-state index contributed by atoms with van der Waals surface area (Å²) in [6.07, 6.45) is 2.58. The van der Waals surface area contributed by atoms with Crippen LogP contribution in [0, 0.1) is 37.1 Å². The maximum absolute atomic E-state index is 16.0. The number of nitrogens with zero attached hydrogens (tertiary/aromatic N) is 2. The zero-order valence-corrected chi connectivity index (χ0v) is 22.5. The van der Waals surface area contributed by atoms with Gasteiger partial charge in [-0.2, -0.15) is 0 Å². The van der Waals surface area contributed by atoms with Crippen LogP contribution in [0.1, 0.15) is 40.6 Å². The van der Waals surface area contributed by atoms with Crippen molar-refractivity contribution in [2.45, 2.75) is 37.0 Å². The van der Waals surface area contributed by atoms with Crippen molar-refractivity contribution in [3.63, 3.8) is 0 Å². The molecule has 0 unspecified atom stereocenters. The Bertz CT molecular complexity index is 1840. The minimum atomic E-state index is -3.94. The van der Waals surface area contributed by atoms with Crippen molar-refractivity contribution in [1.82, 2.24) is 9.55 Å². The summed E-state index contributed by atoms with van der Waals surface area (Å²) >= 11 is 6.48. The molecule has 202 valence electrons. The second kappa shape index (κ2) is 9.60. The quantitative estimate of drug-likeness (QED) is 0.258. The third kappa shape index (κ3) is 4.65. The van der Waals surface area contributed by atoms with Crippen LogP contribution >= 0.6 is 11.6 Å². The van der Waals surface area contributed by atoms with Gasteiger partial charge in [-0.1, -0.05) is 23.7 Å². The highest BCUT2D eigenvalue weighted by molar-refractivity contribution is 7.90. The number of aryl methyl sites for hydroxylation is 2. The Morgan fingerprint density at radius 3 is 2.33 bits per heavy atom. The lowest BCUT2D eigenvalue weighted by Crippen LogP contribution is -2.24. The summed E-state index contributed by atoms with van der Waals surface area (Å²) in [5, 5.41) is -0.182. The molecule has 5 rings (SSSR count). The van der Waals surface area contributed by atoms with E-state index in [1.165, 1.54) is 37.4 Å². The van der Waals surface area contributed by atoms with Gasteiger partial charge in [-0.05, 0) is 73.1 Å². The Morgan fingerprint density at radius 1 is 0.974 bits per heavy atom. The minimum absolute atomic E-state index is 0.182. The summed E-state index contributed by atoms with van der Waals surface area (Å²) in [7, 11) is -3.94. The molecule has 0 bridgehead atoms. The standard InChI is InChI=1S/C28H21ClF4N2O3S/c1-13-12-34-26(17-5-4-6-22(24(17)32)39(3,37)38)25(33)27(13)35-14(2)9-20(23(29)28(35)36)19-11-18(19)16-8-7-15(30)10-21(16)31/h4-10,12,18-19H,11H2,1-3H3/t18-,19+/m1/s1. The Hall–Kier alpha value is -3.50.